The SMILES string of the molecule is CC(=Nc1ccc(Cl)cc1)c1ccc(Br)cc1. The van der Waals surface area contributed by atoms with Crippen LogP contribution in [-0.4, -0.2) is 5.71 Å². The third-order valence-corrected chi connectivity index (χ3v) is 3.17. The van der Waals surface area contributed by atoms with Crippen LogP contribution < -0.4 is 0 Å². The molecule has 86 valence electrons. The molecular weight excluding hydrogens is 298 g/mol. The molecule has 0 aliphatic heterocycles. The van der Waals surface area contributed by atoms with Gasteiger partial charge in [-0.3, -0.25) is 4.99 Å². The van der Waals surface area contributed by atoms with Crippen molar-refractivity contribution >= 4 is 38.9 Å². The molecule has 0 atom stereocenters. The molecule has 2 aromatic rings. The van der Waals surface area contributed by atoms with Crippen LogP contribution in [0.3, 0.4) is 0 Å². The van der Waals surface area contributed by atoms with Crippen LogP contribution in [0.25, 0.3) is 0 Å². The summed E-state index contributed by atoms with van der Waals surface area (Å²) >= 11 is 9.24. The van der Waals surface area contributed by atoms with Gasteiger partial charge in [0.25, 0.3) is 0 Å². The van der Waals surface area contributed by atoms with Gasteiger partial charge in [-0.25, -0.2) is 0 Å². The number of rotatable bonds is 2. The lowest BCUT2D eigenvalue weighted by molar-refractivity contribution is 1.47. The Morgan fingerprint density at radius 2 is 1.59 bits per heavy atom. The van der Waals surface area contributed by atoms with E-state index >= 15 is 0 Å². The molecule has 2 aromatic carbocycles. The Morgan fingerprint density at radius 1 is 1.00 bits per heavy atom. The topological polar surface area (TPSA) is 12.4 Å². The molecular formula is C14H11BrClN. The molecule has 0 fully saturated rings. The quantitative estimate of drug-likeness (QED) is 0.672. The number of aliphatic imine (C=N–C) groups is 1. The van der Waals surface area contributed by atoms with Crippen LogP contribution in [0.4, 0.5) is 5.69 Å². The van der Waals surface area contributed by atoms with E-state index in [0.29, 0.717) is 0 Å². The third kappa shape index (κ3) is 3.42. The highest BCUT2D eigenvalue weighted by molar-refractivity contribution is 9.10. The van der Waals surface area contributed by atoms with Crippen molar-refractivity contribution in [3.05, 3.63) is 63.6 Å². The number of hydrogen-bond acceptors (Lipinski definition) is 1. The highest BCUT2D eigenvalue weighted by Gasteiger charge is 1.98. The average Bonchev–Trinajstić information content (AvgIpc) is 2.33. The first-order valence-corrected chi connectivity index (χ1v) is 6.39. The van der Waals surface area contributed by atoms with Gasteiger partial charge >= 0.3 is 0 Å². The molecule has 1 nitrogen and oxygen atoms in total. The van der Waals surface area contributed by atoms with E-state index in [2.05, 4.69) is 20.9 Å². The summed E-state index contributed by atoms with van der Waals surface area (Å²) in [5, 5.41) is 0.727. The van der Waals surface area contributed by atoms with Gasteiger partial charge < -0.3 is 0 Å². The molecule has 3 heteroatoms. The Bertz CT molecular complexity index is 529. The first kappa shape index (κ1) is 12.3. The smallest absolute Gasteiger partial charge is 0.0634 e. The summed E-state index contributed by atoms with van der Waals surface area (Å²) in [5.74, 6) is 0. The molecule has 0 amide bonds. The van der Waals surface area contributed by atoms with Gasteiger partial charge in [-0.15, -0.1) is 0 Å². The lowest BCUT2D eigenvalue weighted by Gasteiger charge is -2.01. The second-order valence-electron chi connectivity index (χ2n) is 3.68. The zero-order valence-electron chi connectivity index (χ0n) is 9.32. The van der Waals surface area contributed by atoms with Crippen molar-refractivity contribution in [2.75, 3.05) is 0 Å². The predicted molar refractivity (Wildman–Crippen MR) is 77.5 cm³/mol. The zero-order valence-corrected chi connectivity index (χ0v) is 11.7. The fraction of sp³-hybridized carbons (Fsp3) is 0.0714. The summed E-state index contributed by atoms with van der Waals surface area (Å²) in [6.07, 6.45) is 0. The van der Waals surface area contributed by atoms with Gasteiger partial charge in [0.1, 0.15) is 0 Å². The van der Waals surface area contributed by atoms with Gasteiger partial charge in [0.2, 0.25) is 0 Å². The molecule has 0 heterocycles. The first-order valence-electron chi connectivity index (χ1n) is 5.22. The van der Waals surface area contributed by atoms with Gasteiger partial charge in [-0.1, -0.05) is 39.7 Å². The Labute approximate surface area is 114 Å². The van der Waals surface area contributed by atoms with Crippen molar-refractivity contribution in [3.63, 3.8) is 0 Å². The maximum Gasteiger partial charge on any atom is 0.0634 e. The summed E-state index contributed by atoms with van der Waals surface area (Å²) in [5.41, 5.74) is 3.01. The van der Waals surface area contributed by atoms with Crippen molar-refractivity contribution in [2.24, 2.45) is 4.99 Å². The van der Waals surface area contributed by atoms with E-state index in [-0.39, 0.29) is 0 Å². The molecule has 0 unspecified atom stereocenters. The minimum absolute atomic E-state index is 0.727. The van der Waals surface area contributed by atoms with Gasteiger partial charge in [0, 0.05) is 15.2 Å². The van der Waals surface area contributed by atoms with Crippen LogP contribution >= 0.6 is 27.5 Å². The van der Waals surface area contributed by atoms with Crippen molar-refractivity contribution in [1.29, 1.82) is 0 Å². The third-order valence-electron chi connectivity index (χ3n) is 2.39. The van der Waals surface area contributed by atoms with E-state index in [1.807, 2.05) is 55.5 Å². The fourth-order valence-corrected chi connectivity index (χ4v) is 1.86. The van der Waals surface area contributed by atoms with Crippen LogP contribution in [0.1, 0.15) is 12.5 Å². The van der Waals surface area contributed by atoms with Gasteiger partial charge in [0.05, 0.1) is 5.69 Å². The van der Waals surface area contributed by atoms with Crippen LogP contribution in [0.5, 0.6) is 0 Å². The van der Waals surface area contributed by atoms with Gasteiger partial charge in [-0.2, -0.15) is 0 Å². The van der Waals surface area contributed by atoms with Crippen molar-refractivity contribution in [2.45, 2.75) is 6.92 Å². The molecule has 0 N–H and O–H groups in total. The molecule has 0 radical (unpaired) electrons. The lowest BCUT2D eigenvalue weighted by Crippen LogP contribution is -1.92. The summed E-state index contributed by atoms with van der Waals surface area (Å²) < 4.78 is 1.07. The molecule has 17 heavy (non-hydrogen) atoms. The van der Waals surface area contributed by atoms with Gasteiger partial charge in [-0.05, 0) is 48.9 Å². The second kappa shape index (κ2) is 5.48. The minimum Gasteiger partial charge on any atom is -0.253 e. The highest BCUT2D eigenvalue weighted by atomic mass is 79.9. The molecule has 0 aromatic heterocycles. The monoisotopic (exact) mass is 307 g/mol. The number of hydrogen-bond donors (Lipinski definition) is 0. The van der Waals surface area contributed by atoms with Crippen molar-refractivity contribution in [1.82, 2.24) is 0 Å². The highest BCUT2D eigenvalue weighted by Crippen LogP contribution is 2.18. The second-order valence-corrected chi connectivity index (χ2v) is 5.03. The standard InChI is InChI=1S/C14H11BrClN/c1-10(11-2-4-12(15)5-3-11)17-14-8-6-13(16)7-9-14/h2-9H,1H3. The van der Waals surface area contributed by atoms with E-state index < -0.39 is 0 Å². The average molecular weight is 309 g/mol. The number of halogens is 2. The largest absolute Gasteiger partial charge is 0.253 e. The lowest BCUT2D eigenvalue weighted by atomic mass is 10.1. The predicted octanol–water partition coefficient (Wildman–Crippen LogP) is 5.24. The Kier molecular flexibility index (Phi) is 3.97. The summed E-state index contributed by atoms with van der Waals surface area (Å²) in [6, 6.07) is 15.6. The van der Waals surface area contributed by atoms with E-state index in [1.165, 1.54) is 0 Å². The summed E-state index contributed by atoms with van der Waals surface area (Å²) in [6.45, 7) is 2.00. The summed E-state index contributed by atoms with van der Waals surface area (Å²) in [4.78, 5) is 4.54. The maximum absolute atomic E-state index is 5.83. The van der Waals surface area contributed by atoms with Crippen LogP contribution in [-0.2, 0) is 0 Å². The molecule has 0 aliphatic carbocycles. The molecule has 0 spiro atoms. The van der Waals surface area contributed by atoms with E-state index in [0.717, 1.165) is 26.5 Å². The van der Waals surface area contributed by atoms with Crippen molar-refractivity contribution in [3.8, 4) is 0 Å². The van der Waals surface area contributed by atoms with E-state index in [1.54, 1.807) is 0 Å². The fourth-order valence-electron chi connectivity index (χ4n) is 1.46. The van der Waals surface area contributed by atoms with Gasteiger partial charge in [0.15, 0.2) is 0 Å². The summed E-state index contributed by atoms with van der Waals surface area (Å²) in [7, 11) is 0. The van der Waals surface area contributed by atoms with Crippen LogP contribution in [0.15, 0.2) is 58.0 Å². The van der Waals surface area contributed by atoms with E-state index in [9.17, 15) is 0 Å². The molecule has 0 bridgehead atoms. The normalized spacial score (nSPS) is 11.6. The molecule has 0 aliphatic rings. The molecule has 0 saturated carbocycles. The first-order chi connectivity index (χ1) is 8.15. The number of benzene rings is 2. The van der Waals surface area contributed by atoms with E-state index in [4.69, 9.17) is 11.6 Å². The Hall–Kier alpha value is -1.12. The Balaban J connectivity index is 2.27. The Morgan fingerprint density at radius 3 is 2.18 bits per heavy atom. The number of nitrogens with zero attached hydrogens (tertiary/aromatic N) is 1. The molecule has 2 rings (SSSR count). The molecule has 0 saturated heterocycles. The van der Waals surface area contributed by atoms with Crippen molar-refractivity contribution < 1.29 is 0 Å². The van der Waals surface area contributed by atoms with Crippen LogP contribution in [0, 0.1) is 0 Å². The zero-order chi connectivity index (χ0) is 12.3. The minimum atomic E-state index is 0.727. The van der Waals surface area contributed by atoms with Crippen LogP contribution in [0.2, 0.25) is 5.02 Å². The maximum atomic E-state index is 5.83.